The van der Waals surface area contributed by atoms with Crippen molar-refractivity contribution in [2.45, 2.75) is 24.0 Å². The molecular weight excluding hydrogens is 201 g/mol. The molecule has 1 unspecified atom stereocenters. The minimum Gasteiger partial charge on any atom is -0.251 e. The molecule has 0 radical (unpaired) electrons. The van der Waals surface area contributed by atoms with Crippen molar-refractivity contribution in [1.29, 1.82) is 0 Å². The lowest BCUT2D eigenvalue weighted by Crippen LogP contribution is -2.25. The van der Waals surface area contributed by atoms with Crippen LogP contribution in [-0.2, 0) is 17.4 Å². The van der Waals surface area contributed by atoms with Crippen LogP contribution in [-0.4, -0.2) is 8.96 Å². The molecule has 2 N–H and O–H groups in total. The Morgan fingerprint density at radius 1 is 1.36 bits per heavy atom. The molecule has 1 fully saturated rings. The van der Waals surface area contributed by atoms with E-state index in [0.29, 0.717) is 6.42 Å². The second-order valence-electron chi connectivity index (χ2n) is 3.78. The quantitative estimate of drug-likeness (QED) is 0.812. The zero-order valence-electron chi connectivity index (χ0n) is 7.70. The Morgan fingerprint density at radius 3 is 2.36 bits per heavy atom. The Labute approximate surface area is 84.9 Å². The first kappa shape index (κ1) is 9.80. The van der Waals surface area contributed by atoms with Gasteiger partial charge in [-0.15, -0.1) is 0 Å². The number of nitrogens with two attached hydrogens (primary N) is 1. The molecule has 1 saturated carbocycles. The summed E-state index contributed by atoms with van der Waals surface area (Å²) >= 11 is 0. The Kier molecular flexibility index (Phi) is 2.41. The SMILES string of the molecule is NS(=O)C1(Cc2ccc(F)cc2)CC1. The van der Waals surface area contributed by atoms with Gasteiger partial charge in [-0.05, 0) is 37.0 Å². The van der Waals surface area contributed by atoms with Gasteiger partial charge in [0.2, 0.25) is 0 Å². The number of hydrogen-bond donors (Lipinski definition) is 1. The molecular formula is C10H12FNOS. The molecule has 0 saturated heterocycles. The average molecular weight is 213 g/mol. The summed E-state index contributed by atoms with van der Waals surface area (Å²) in [6.07, 6.45) is 2.51. The molecule has 0 aliphatic heterocycles. The third-order valence-corrected chi connectivity index (χ3v) is 4.08. The minimum atomic E-state index is -1.26. The molecule has 2 rings (SSSR count). The maximum Gasteiger partial charge on any atom is 0.123 e. The molecule has 0 aromatic heterocycles. The van der Waals surface area contributed by atoms with E-state index in [-0.39, 0.29) is 10.6 Å². The van der Waals surface area contributed by atoms with Gasteiger partial charge in [-0.1, -0.05) is 12.1 Å². The van der Waals surface area contributed by atoms with Gasteiger partial charge in [-0.25, -0.2) is 8.60 Å². The molecule has 0 bridgehead atoms. The number of rotatable bonds is 3. The number of halogens is 1. The smallest absolute Gasteiger partial charge is 0.123 e. The molecule has 1 aliphatic carbocycles. The fraction of sp³-hybridized carbons (Fsp3) is 0.400. The first-order valence-corrected chi connectivity index (χ1v) is 5.74. The van der Waals surface area contributed by atoms with Gasteiger partial charge in [-0.3, -0.25) is 5.14 Å². The predicted molar refractivity (Wildman–Crippen MR) is 54.4 cm³/mol. The number of benzene rings is 1. The van der Waals surface area contributed by atoms with Gasteiger partial charge >= 0.3 is 0 Å². The highest BCUT2D eigenvalue weighted by atomic mass is 32.2. The zero-order valence-corrected chi connectivity index (χ0v) is 8.52. The molecule has 1 aromatic rings. The van der Waals surface area contributed by atoms with Crippen LogP contribution in [0.25, 0.3) is 0 Å². The topological polar surface area (TPSA) is 43.1 Å². The van der Waals surface area contributed by atoms with E-state index in [2.05, 4.69) is 0 Å². The summed E-state index contributed by atoms with van der Waals surface area (Å²) in [4.78, 5) is 0. The van der Waals surface area contributed by atoms with Crippen molar-refractivity contribution in [3.8, 4) is 0 Å². The lowest BCUT2D eigenvalue weighted by molar-refractivity contribution is 0.626. The molecule has 1 atom stereocenters. The summed E-state index contributed by atoms with van der Waals surface area (Å²) in [6.45, 7) is 0. The van der Waals surface area contributed by atoms with Gasteiger partial charge in [0.1, 0.15) is 5.82 Å². The molecule has 76 valence electrons. The lowest BCUT2D eigenvalue weighted by Gasteiger charge is -2.10. The third kappa shape index (κ3) is 1.86. The average Bonchev–Trinajstić information content (AvgIpc) is 2.90. The summed E-state index contributed by atoms with van der Waals surface area (Å²) in [7, 11) is -1.26. The fourth-order valence-electron chi connectivity index (χ4n) is 1.56. The van der Waals surface area contributed by atoms with Crippen molar-refractivity contribution in [2.24, 2.45) is 5.14 Å². The second-order valence-corrected chi connectivity index (χ2v) is 5.24. The second kappa shape index (κ2) is 3.44. The summed E-state index contributed by atoms with van der Waals surface area (Å²) in [5, 5.41) is 5.41. The van der Waals surface area contributed by atoms with E-state index in [1.54, 1.807) is 12.1 Å². The van der Waals surface area contributed by atoms with E-state index in [9.17, 15) is 8.60 Å². The Hall–Kier alpha value is -0.740. The van der Waals surface area contributed by atoms with Crippen molar-refractivity contribution >= 4 is 11.0 Å². The van der Waals surface area contributed by atoms with Crippen LogP contribution >= 0.6 is 0 Å². The van der Waals surface area contributed by atoms with Crippen molar-refractivity contribution in [3.05, 3.63) is 35.6 Å². The van der Waals surface area contributed by atoms with Gasteiger partial charge in [-0.2, -0.15) is 0 Å². The molecule has 0 spiro atoms. The van der Waals surface area contributed by atoms with Crippen LogP contribution in [0.5, 0.6) is 0 Å². The molecule has 4 heteroatoms. The van der Waals surface area contributed by atoms with Crippen LogP contribution in [0.4, 0.5) is 4.39 Å². The summed E-state index contributed by atoms with van der Waals surface area (Å²) in [5.74, 6) is -0.243. The molecule has 0 amide bonds. The van der Waals surface area contributed by atoms with Gasteiger partial charge in [0.05, 0.1) is 15.7 Å². The molecule has 0 heterocycles. The lowest BCUT2D eigenvalue weighted by atomic mass is 10.1. The Balaban J connectivity index is 2.11. The zero-order chi connectivity index (χ0) is 10.2. The summed E-state index contributed by atoms with van der Waals surface area (Å²) in [6, 6.07) is 6.29. The normalized spacial score (nSPS) is 20.4. The number of hydrogen-bond acceptors (Lipinski definition) is 1. The van der Waals surface area contributed by atoms with Crippen LogP contribution < -0.4 is 5.14 Å². The highest BCUT2D eigenvalue weighted by Gasteiger charge is 2.47. The monoisotopic (exact) mass is 213 g/mol. The van der Waals surface area contributed by atoms with Crippen LogP contribution in [0.3, 0.4) is 0 Å². The third-order valence-electron chi connectivity index (χ3n) is 2.67. The van der Waals surface area contributed by atoms with Gasteiger partial charge < -0.3 is 0 Å². The highest BCUT2D eigenvalue weighted by Crippen LogP contribution is 2.42. The van der Waals surface area contributed by atoms with E-state index in [1.807, 2.05) is 0 Å². The Morgan fingerprint density at radius 2 is 1.93 bits per heavy atom. The van der Waals surface area contributed by atoms with Crippen molar-refractivity contribution < 1.29 is 8.60 Å². The van der Waals surface area contributed by atoms with Crippen LogP contribution in [0.15, 0.2) is 24.3 Å². The van der Waals surface area contributed by atoms with E-state index in [1.165, 1.54) is 12.1 Å². The maximum atomic E-state index is 12.6. The fourth-order valence-corrected chi connectivity index (χ4v) is 2.38. The molecule has 2 nitrogen and oxygen atoms in total. The molecule has 14 heavy (non-hydrogen) atoms. The first-order chi connectivity index (χ1) is 6.62. The summed E-state index contributed by atoms with van der Waals surface area (Å²) < 4.78 is 23.6. The van der Waals surface area contributed by atoms with Crippen LogP contribution in [0.2, 0.25) is 0 Å². The van der Waals surface area contributed by atoms with Gasteiger partial charge in [0.15, 0.2) is 0 Å². The van der Waals surface area contributed by atoms with E-state index in [4.69, 9.17) is 5.14 Å². The largest absolute Gasteiger partial charge is 0.251 e. The highest BCUT2D eigenvalue weighted by molar-refractivity contribution is 7.84. The first-order valence-electron chi connectivity index (χ1n) is 4.53. The molecule has 1 aliphatic rings. The van der Waals surface area contributed by atoms with Crippen molar-refractivity contribution in [3.63, 3.8) is 0 Å². The van der Waals surface area contributed by atoms with Gasteiger partial charge in [0.25, 0.3) is 0 Å². The summed E-state index contributed by atoms with van der Waals surface area (Å²) in [5.41, 5.74) is 1.00. The van der Waals surface area contributed by atoms with Crippen LogP contribution in [0.1, 0.15) is 18.4 Å². The van der Waals surface area contributed by atoms with E-state index < -0.39 is 11.0 Å². The van der Waals surface area contributed by atoms with E-state index >= 15 is 0 Å². The minimum absolute atomic E-state index is 0.224. The standard InChI is InChI=1S/C10H12FNOS/c11-9-3-1-8(2-4-9)7-10(5-6-10)14(12)13/h1-4H,5-7,12H2. The van der Waals surface area contributed by atoms with Gasteiger partial charge in [0, 0.05) is 0 Å². The molecule has 1 aromatic carbocycles. The van der Waals surface area contributed by atoms with Crippen LogP contribution in [0, 0.1) is 5.82 Å². The van der Waals surface area contributed by atoms with Crippen molar-refractivity contribution in [2.75, 3.05) is 0 Å². The predicted octanol–water partition coefficient (Wildman–Crippen LogP) is 1.52. The van der Waals surface area contributed by atoms with E-state index in [0.717, 1.165) is 18.4 Å². The maximum absolute atomic E-state index is 12.6. The van der Waals surface area contributed by atoms with Crippen molar-refractivity contribution in [1.82, 2.24) is 0 Å². The Bertz CT molecular complexity index is 359.